The minimum absolute atomic E-state index is 0.204. The van der Waals surface area contributed by atoms with Crippen molar-refractivity contribution < 1.29 is 4.74 Å². The van der Waals surface area contributed by atoms with Crippen molar-refractivity contribution in [3.8, 4) is 5.75 Å². The monoisotopic (exact) mass is 460 g/mol. The summed E-state index contributed by atoms with van der Waals surface area (Å²) >= 11 is 12.4. The number of hydrogen-bond acceptors (Lipinski definition) is 4. The van der Waals surface area contributed by atoms with E-state index in [9.17, 15) is 0 Å². The Morgan fingerprint density at radius 3 is 2.22 bits per heavy atom. The normalized spacial score (nSPS) is 19.2. The number of hydrogen-bond donors (Lipinski definition) is 0. The van der Waals surface area contributed by atoms with Gasteiger partial charge in [0.25, 0.3) is 0 Å². The second-order valence-corrected chi connectivity index (χ2v) is 8.74. The molecular formula is C25H18Cl2N4O. The number of para-hydroxylation sites is 1. The van der Waals surface area contributed by atoms with Gasteiger partial charge >= 0.3 is 0 Å². The number of rotatable bonds is 2. The van der Waals surface area contributed by atoms with Gasteiger partial charge in [0.05, 0.1) is 5.70 Å². The molecule has 0 aliphatic carbocycles. The van der Waals surface area contributed by atoms with Crippen molar-refractivity contribution in [3.05, 3.63) is 111 Å². The number of halogens is 2. The van der Waals surface area contributed by atoms with Gasteiger partial charge in [-0.2, -0.15) is 10.1 Å². The molecular weight excluding hydrogens is 443 g/mol. The molecule has 4 aromatic rings. The molecule has 0 N–H and O–H groups in total. The molecule has 32 heavy (non-hydrogen) atoms. The summed E-state index contributed by atoms with van der Waals surface area (Å²) in [5.41, 5.74) is 5.28. The van der Waals surface area contributed by atoms with Crippen LogP contribution in [0.1, 0.15) is 28.8 Å². The molecule has 0 saturated heterocycles. The summed E-state index contributed by atoms with van der Waals surface area (Å²) in [4.78, 5) is 6.66. The molecule has 0 bridgehead atoms. The quantitative estimate of drug-likeness (QED) is 0.358. The fourth-order valence-electron chi connectivity index (χ4n) is 4.63. The van der Waals surface area contributed by atoms with E-state index >= 15 is 0 Å². The van der Waals surface area contributed by atoms with E-state index in [0.29, 0.717) is 10.0 Å². The Morgan fingerprint density at radius 2 is 1.50 bits per heavy atom. The van der Waals surface area contributed by atoms with Gasteiger partial charge in [-0.3, -0.25) is 0 Å². The third-order valence-electron chi connectivity index (χ3n) is 6.03. The highest BCUT2D eigenvalue weighted by Crippen LogP contribution is 2.52. The van der Waals surface area contributed by atoms with E-state index in [4.69, 9.17) is 27.9 Å². The lowest BCUT2D eigenvalue weighted by molar-refractivity contribution is 0.222. The zero-order chi connectivity index (χ0) is 21.8. The molecule has 0 saturated carbocycles. The largest absolute Gasteiger partial charge is 0.480 e. The molecule has 2 aliphatic heterocycles. The summed E-state index contributed by atoms with van der Waals surface area (Å²) < 4.78 is 8.57. The van der Waals surface area contributed by atoms with Crippen molar-refractivity contribution in [2.24, 2.45) is 0 Å². The van der Waals surface area contributed by atoms with Crippen LogP contribution in [-0.4, -0.2) is 21.8 Å². The first-order valence-electron chi connectivity index (χ1n) is 10.3. The Labute approximate surface area is 195 Å². The fraction of sp³-hybridized carbons (Fsp3) is 0.120. The van der Waals surface area contributed by atoms with Crippen LogP contribution in [0.3, 0.4) is 0 Å². The highest BCUT2D eigenvalue weighted by molar-refractivity contribution is 6.30. The standard InChI is InChI=1S/C25H18Cl2N4O/c1-30-23-19-4-2-3-5-20(19)32-24(16-8-12-18(27)13-9-16)21(23)22(31-25(30)28-14-29-31)15-6-10-17(26)11-7-15/h2-14,22,24H,1H3/t22-,24+/m1/s1. The van der Waals surface area contributed by atoms with E-state index in [2.05, 4.69) is 21.0 Å². The average Bonchev–Trinajstić information content (AvgIpc) is 3.30. The van der Waals surface area contributed by atoms with Crippen LogP contribution in [0.25, 0.3) is 5.70 Å². The van der Waals surface area contributed by atoms with Crippen molar-refractivity contribution in [2.75, 3.05) is 11.9 Å². The lowest BCUT2D eigenvalue weighted by atomic mass is 9.84. The third-order valence-corrected chi connectivity index (χ3v) is 6.53. The van der Waals surface area contributed by atoms with E-state index in [0.717, 1.165) is 39.7 Å². The lowest BCUT2D eigenvalue weighted by Crippen LogP contribution is -2.37. The highest BCUT2D eigenvalue weighted by Gasteiger charge is 2.42. The summed E-state index contributed by atoms with van der Waals surface area (Å²) in [6.07, 6.45) is 1.27. The smallest absolute Gasteiger partial charge is 0.229 e. The first-order chi connectivity index (χ1) is 15.6. The molecule has 3 aromatic carbocycles. The average molecular weight is 461 g/mol. The van der Waals surface area contributed by atoms with Gasteiger partial charge in [-0.25, -0.2) is 4.68 Å². The van der Waals surface area contributed by atoms with Crippen LogP contribution in [0.2, 0.25) is 10.0 Å². The van der Waals surface area contributed by atoms with Gasteiger partial charge < -0.3 is 9.64 Å². The Hall–Kier alpha value is -3.28. The Morgan fingerprint density at radius 1 is 0.844 bits per heavy atom. The Balaban J connectivity index is 1.65. The molecule has 3 heterocycles. The summed E-state index contributed by atoms with van der Waals surface area (Å²) in [5.74, 6) is 1.61. The maximum atomic E-state index is 6.63. The third kappa shape index (κ3) is 2.93. The van der Waals surface area contributed by atoms with Gasteiger partial charge in [-0.1, -0.05) is 59.6 Å². The molecule has 0 fully saturated rings. The maximum absolute atomic E-state index is 6.63. The molecule has 5 nitrogen and oxygen atoms in total. The van der Waals surface area contributed by atoms with Crippen molar-refractivity contribution in [3.63, 3.8) is 0 Å². The summed E-state index contributed by atoms with van der Waals surface area (Å²) in [7, 11) is 2.02. The van der Waals surface area contributed by atoms with Gasteiger partial charge in [0.1, 0.15) is 24.2 Å². The molecule has 0 spiro atoms. The number of aromatic nitrogens is 3. The summed E-state index contributed by atoms with van der Waals surface area (Å²) in [6, 6.07) is 23.6. The van der Waals surface area contributed by atoms with E-state index in [1.54, 1.807) is 6.33 Å². The molecule has 0 amide bonds. The molecule has 0 radical (unpaired) electrons. The SMILES string of the molecule is CN1C2=C([C@H](c3ccc(Cl)cc3)Oc3ccccc32)[C@@H](c2ccc(Cl)cc2)n2ncnc21. The number of nitrogens with zero attached hydrogens (tertiary/aromatic N) is 4. The number of fused-ring (bicyclic) bond motifs is 3. The van der Waals surface area contributed by atoms with Crippen LogP contribution in [0.5, 0.6) is 5.75 Å². The number of ether oxygens (including phenoxy) is 1. The summed E-state index contributed by atoms with van der Waals surface area (Å²) in [5, 5.41) is 5.97. The molecule has 0 unspecified atom stereocenters. The number of benzene rings is 3. The van der Waals surface area contributed by atoms with Crippen molar-refractivity contribution in [1.82, 2.24) is 14.8 Å². The van der Waals surface area contributed by atoms with E-state index < -0.39 is 0 Å². The van der Waals surface area contributed by atoms with E-state index in [1.807, 2.05) is 78.5 Å². The Kier molecular flexibility index (Phi) is 4.49. The first-order valence-corrected chi connectivity index (χ1v) is 11.0. The molecule has 1 aromatic heterocycles. The molecule has 158 valence electrons. The second kappa shape index (κ2) is 7.40. The zero-order valence-corrected chi connectivity index (χ0v) is 18.6. The first kappa shape index (κ1) is 19.4. The van der Waals surface area contributed by atoms with Crippen LogP contribution in [0, 0.1) is 0 Å². The topological polar surface area (TPSA) is 43.2 Å². The van der Waals surface area contributed by atoms with Gasteiger partial charge in [0.15, 0.2) is 0 Å². The van der Waals surface area contributed by atoms with E-state index in [1.165, 1.54) is 0 Å². The van der Waals surface area contributed by atoms with Gasteiger partial charge in [-0.15, -0.1) is 0 Å². The van der Waals surface area contributed by atoms with Crippen molar-refractivity contribution in [1.29, 1.82) is 0 Å². The predicted molar refractivity (Wildman–Crippen MR) is 126 cm³/mol. The number of anilines is 1. The molecule has 2 aliphatic rings. The Bertz CT molecular complexity index is 1350. The van der Waals surface area contributed by atoms with Crippen LogP contribution >= 0.6 is 23.2 Å². The zero-order valence-electron chi connectivity index (χ0n) is 17.1. The molecule has 2 atom stereocenters. The van der Waals surface area contributed by atoms with Crippen molar-refractivity contribution in [2.45, 2.75) is 12.1 Å². The lowest BCUT2D eigenvalue weighted by Gasteiger charge is -2.42. The van der Waals surface area contributed by atoms with Crippen LogP contribution in [0.4, 0.5) is 5.95 Å². The molecule has 6 rings (SSSR count). The highest BCUT2D eigenvalue weighted by atomic mass is 35.5. The van der Waals surface area contributed by atoms with Crippen LogP contribution in [0.15, 0.2) is 84.7 Å². The second-order valence-electron chi connectivity index (χ2n) is 7.87. The maximum Gasteiger partial charge on any atom is 0.229 e. The summed E-state index contributed by atoms with van der Waals surface area (Å²) in [6.45, 7) is 0. The van der Waals surface area contributed by atoms with Gasteiger partial charge in [0.2, 0.25) is 5.95 Å². The minimum atomic E-state index is -0.322. The fourth-order valence-corrected chi connectivity index (χ4v) is 4.88. The van der Waals surface area contributed by atoms with E-state index in [-0.39, 0.29) is 12.1 Å². The van der Waals surface area contributed by atoms with Crippen molar-refractivity contribution >= 4 is 34.8 Å². The van der Waals surface area contributed by atoms with Crippen LogP contribution in [-0.2, 0) is 0 Å². The minimum Gasteiger partial charge on any atom is -0.480 e. The van der Waals surface area contributed by atoms with Crippen LogP contribution < -0.4 is 9.64 Å². The predicted octanol–water partition coefficient (Wildman–Crippen LogP) is 6.17. The van der Waals surface area contributed by atoms with Gasteiger partial charge in [-0.05, 0) is 47.5 Å². The molecule has 7 heteroatoms. The van der Waals surface area contributed by atoms with Gasteiger partial charge in [0, 0.05) is 28.2 Å².